The molecule has 1 aliphatic heterocycles. The molecule has 0 saturated carbocycles. The highest BCUT2D eigenvalue weighted by molar-refractivity contribution is 5.45. The molecule has 3 heteroatoms. The number of halogens is 1. The first-order valence-electron chi connectivity index (χ1n) is 6.51. The summed E-state index contributed by atoms with van der Waals surface area (Å²) in [5.41, 5.74) is 1.12. The van der Waals surface area contributed by atoms with Gasteiger partial charge in [-0.2, -0.15) is 0 Å². The molecule has 1 heterocycles. The molecule has 94 valence electrons. The van der Waals surface area contributed by atoms with E-state index in [9.17, 15) is 4.39 Å². The molecule has 1 saturated heterocycles. The van der Waals surface area contributed by atoms with E-state index in [1.165, 1.54) is 25.0 Å². The van der Waals surface area contributed by atoms with E-state index < -0.39 is 0 Å². The summed E-state index contributed by atoms with van der Waals surface area (Å²) in [5, 5.41) is 3.39. The molecule has 1 aliphatic rings. The number of anilines is 1. The Balaban J connectivity index is 1.89. The van der Waals surface area contributed by atoms with Gasteiger partial charge in [-0.15, -0.1) is 0 Å². The van der Waals surface area contributed by atoms with Crippen molar-refractivity contribution in [1.82, 2.24) is 5.32 Å². The standard InChI is InChI=1S/C14H21FN2/c1-2-17(10-8-12-7-9-16-11-12)14-5-3-13(15)4-6-14/h3-6,12,16H,2,7-11H2,1H3. The number of rotatable bonds is 5. The smallest absolute Gasteiger partial charge is 0.123 e. The third-order valence-electron chi connectivity index (χ3n) is 3.54. The highest BCUT2D eigenvalue weighted by atomic mass is 19.1. The molecule has 1 unspecified atom stereocenters. The van der Waals surface area contributed by atoms with Gasteiger partial charge in [0.15, 0.2) is 0 Å². The summed E-state index contributed by atoms with van der Waals surface area (Å²) in [5.74, 6) is 0.647. The topological polar surface area (TPSA) is 15.3 Å². The Morgan fingerprint density at radius 2 is 2.12 bits per heavy atom. The van der Waals surface area contributed by atoms with Crippen LogP contribution in [0.25, 0.3) is 0 Å². The molecule has 2 rings (SSSR count). The maximum atomic E-state index is 12.9. The molecule has 0 aliphatic carbocycles. The summed E-state index contributed by atoms with van der Waals surface area (Å²) >= 11 is 0. The molecule has 1 N–H and O–H groups in total. The highest BCUT2D eigenvalue weighted by Crippen LogP contribution is 2.18. The average Bonchev–Trinajstić information content (AvgIpc) is 2.85. The fraction of sp³-hybridized carbons (Fsp3) is 0.571. The zero-order valence-corrected chi connectivity index (χ0v) is 10.5. The van der Waals surface area contributed by atoms with Crippen LogP contribution in [-0.2, 0) is 0 Å². The van der Waals surface area contributed by atoms with Gasteiger partial charge in [-0.05, 0) is 63.0 Å². The van der Waals surface area contributed by atoms with E-state index in [0.717, 1.165) is 37.8 Å². The van der Waals surface area contributed by atoms with Gasteiger partial charge in [0, 0.05) is 18.8 Å². The predicted molar refractivity (Wildman–Crippen MR) is 69.9 cm³/mol. The molecular formula is C14H21FN2. The molecule has 1 atom stereocenters. The number of hydrogen-bond acceptors (Lipinski definition) is 2. The van der Waals surface area contributed by atoms with Crippen molar-refractivity contribution in [3.63, 3.8) is 0 Å². The third kappa shape index (κ3) is 3.43. The maximum Gasteiger partial charge on any atom is 0.123 e. The van der Waals surface area contributed by atoms with Gasteiger partial charge in [0.1, 0.15) is 5.82 Å². The van der Waals surface area contributed by atoms with Gasteiger partial charge in [0.2, 0.25) is 0 Å². The van der Waals surface area contributed by atoms with Crippen LogP contribution in [0.5, 0.6) is 0 Å². The Bertz CT molecular complexity index is 331. The number of hydrogen-bond donors (Lipinski definition) is 1. The van der Waals surface area contributed by atoms with E-state index in [1.807, 2.05) is 12.1 Å². The number of nitrogens with one attached hydrogen (secondary N) is 1. The summed E-state index contributed by atoms with van der Waals surface area (Å²) in [7, 11) is 0. The molecule has 1 fully saturated rings. The molecule has 0 bridgehead atoms. The fourth-order valence-electron chi connectivity index (χ4n) is 2.42. The van der Waals surface area contributed by atoms with E-state index in [0.29, 0.717) is 0 Å². The van der Waals surface area contributed by atoms with Crippen LogP contribution in [0.4, 0.5) is 10.1 Å². The Morgan fingerprint density at radius 3 is 2.71 bits per heavy atom. The Morgan fingerprint density at radius 1 is 1.35 bits per heavy atom. The van der Waals surface area contributed by atoms with Crippen molar-refractivity contribution in [3.8, 4) is 0 Å². The van der Waals surface area contributed by atoms with Crippen LogP contribution in [-0.4, -0.2) is 26.2 Å². The van der Waals surface area contributed by atoms with Gasteiger partial charge in [-0.1, -0.05) is 0 Å². The zero-order chi connectivity index (χ0) is 12.1. The van der Waals surface area contributed by atoms with Crippen LogP contribution in [0.15, 0.2) is 24.3 Å². The first-order valence-corrected chi connectivity index (χ1v) is 6.51. The van der Waals surface area contributed by atoms with Crippen molar-refractivity contribution in [2.75, 3.05) is 31.1 Å². The quantitative estimate of drug-likeness (QED) is 0.845. The molecule has 0 spiro atoms. The summed E-state index contributed by atoms with van der Waals surface area (Å²) in [4.78, 5) is 2.32. The Kier molecular flexibility index (Phi) is 4.37. The van der Waals surface area contributed by atoms with Crippen LogP contribution in [0.1, 0.15) is 19.8 Å². The normalized spacial score (nSPS) is 19.5. The van der Waals surface area contributed by atoms with Gasteiger partial charge < -0.3 is 10.2 Å². The van der Waals surface area contributed by atoms with Gasteiger partial charge in [-0.3, -0.25) is 0 Å². The van der Waals surface area contributed by atoms with Crippen LogP contribution in [0.2, 0.25) is 0 Å². The average molecular weight is 236 g/mol. The van der Waals surface area contributed by atoms with Crippen LogP contribution in [0.3, 0.4) is 0 Å². The number of benzene rings is 1. The lowest BCUT2D eigenvalue weighted by Gasteiger charge is -2.24. The first-order chi connectivity index (χ1) is 8.29. The highest BCUT2D eigenvalue weighted by Gasteiger charge is 2.15. The van der Waals surface area contributed by atoms with E-state index in [2.05, 4.69) is 17.1 Å². The van der Waals surface area contributed by atoms with Crippen LogP contribution in [0, 0.1) is 11.7 Å². The van der Waals surface area contributed by atoms with Crippen molar-refractivity contribution in [3.05, 3.63) is 30.1 Å². The van der Waals surface area contributed by atoms with Crippen molar-refractivity contribution >= 4 is 5.69 Å². The summed E-state index contributed by atoms with van der Waals surface area (Å²) in [6.07, 6.45) is 2.51. The molecule has 2 nitrogen and oxygen atoms in total. The van der Waals surface area contributed by atoms with Gasteiger partial charge in [0.25, 0.3) is 0 Å². The minimum atomic E-state index is -0.162. The molecule has 0 aromatic heterocycles. The van der Waals surface area contributed by atoms with Crippen LogP contribution >= 0.6 is 0 Å². The maximum absolute atomic E-state index is 12.9. The van der Waals surface area contributed by atoms with E-state index >= 15 is 0 Å². The Labute approximate surface area is 103 Å². The largest absolute Gasteiger partial charge is 0.372 e. The van der Waals surface area contributed by atoms with Gasteiger partial charge in [-0.25, -0.2) is 4.39 Å². The van der Waals surface area contributed by atoms with Crippen molar-refractivity contribution < 1.29 is 4.39 Å². The predicted octanol–water partition coefficient (Wildman–Crippen LogP) is 2.65. The SMILES string of the molecule is CCN(CCC1CCNC1)c1ccc(F)cc1. The van der Waals surface area contributed by atoms with E-state index in [1.54, 1.807) is 0 Å². The monoisotopic (exact) mass is 236 g/mol. The second-order valence-electron chi connectivity index (χ2n) is 4.70. The molecule has 17 heavy (non-hydrogen) atoms. The molecule has 1 aromatic carbocycles. The lowest BCUT2D eigenvalue weighted by molar-refractivity contribution is 0.528. The Hall–Kier alpha value is -1.09. The van der Waals surface area contributed by atoms with Crippen molar-refractivity contribution in [2.24, 2.45) is 5.92 Å². The first kappa shape index (κ1) is 12.4. The van der Waals surface area contributed by atoms with E-state index in [-0.39, 0.29) is 5.82 Å². The number of nitrogens with zero attached hydrogens (tertiary/aromatic N) is 1. The molecule has 0 radical (unpaired) electrons. The van der Waals surface area contributed by atoms with E-state index in [4.69, 9.17) is 0 Å². The van der Waals surface area contributed by atoms with Crippen molar-refractivity contribution in [2.45, 2.75) is 19.8 Å². The zero-order valence-electron chi connectivity index (χ0n) is 10.5. The summed E-state index contributed by atoms with van der Waals surface area (Å²) in [6.45, 7) is 6.50. The minimum absolute atomic E-state index is 0.162. The molecular weight excluding hydrogens is 215 g/mol. The fourth-order valence-corrected chi connectivity index (χ4v) is 2.42. The minimum Gasteiger partial charge on any atom is -0.372 e. The second kappa shape index (κ2) is 6.01. The third-order valence-corrected chi connectivity index (χ3v) is 3.54. The van der Waals surface area contributed by atoms with Gasteiger partial charge in [0.05, 0.1) is 0 Å². The van der Waals surface area contributed by atoms with Gasteiger partial charge >= 0.3 is 0 Å². The van der Waals surface area contributed by atoms with Crippen LogP contribution < -0.4 is 10.2 Å². The molecule has 1 aromatic rings. The molecule has 0 amide bonds. The summed E-state index contributed by atoms with van der Waals surface area (Å²) < 4.78 is 12.9. The summed E-state index contributed by atoms with van der Waals surface area (Å²) in [6, 6.07) is 6.81. The lowest BCUT2D eigenvalue weighted by atomic mass is 10.0. The van der Waals surface area contributed by atoms with Crippen molar-refractivity contribution in [1.29, 1.82) is 0 Å². The lowest BCUT2D eigenvalue weighted by Crippen LogP contribution is -2.26. The second-order valence-corrected chi connectivity index (χ2v) is 4.70.